The smallest absolute Gasteiger partial charge is 0.288 e. The first-order valence-electron chi connectivity index (χ1n) is 12.6. The van der Waals surface area contributed by atoms with E-state index in [1.54, 1.807) is 6.08 Å². The van der Waals surface area contributed by atoms with Gasteiger partial charge in [-0.2, -0.15) is 0 Å². The molecule has 0 aliphatic carbocycles. The van der Waals surface area contributed by atoms with Crippen LogP contribution in [-0.2, 0) is 22.4 Å². The summed E-state index contributed by atoms with van der Waals surface area (Å²) in [5.74, 6) is 0.384. The Labute approximate surface area is 219 Å². The van der Waals surface area contributed by atoms with E-state index in [-0.39, 0.29) is 18.0 Å². The molecule has 6 heteroatoms. The average Bonchev–Trinajstić information content (AvgIpc) is 2.89. The molecule has 2 amide bonds. The van der Waals surface area contributed by atoms with Gasteiger partial charge >= 0.3 is 0 Å². The van der Waals surface area contributed by atoms with Crippen LogP contribution in [0.25, 0.3) is 6.08 Å². The van der Waals surface area contributed by atoms with Gasteiger partial charge in [0.05, 0.1) is 0 Å². The lowest BCUT2D eigenvalue weighted by atomic mass is 10.0. The van der Waals surface area contributed by atoms with Gasteiger partial charge in [-0.15, -0.1) is 0 Å². The Balaban J connectivity index is 1.55. The number of amides is 2. The van der Waals surface area contributed by atoms with Crippen LogP contribution in [0.3, 0.4) is 0 Å². The second-order valence-electron chi connectivity index (χ2n) is 9.90. The molecule has 3 aromatic rings. The van der Waals surface area contributed by atoms with Gasteiger partial charge < -0.3 is 4.90 Å². The van der Waals surface area contributed by atoms with Gasteiger partial charge in [-0.3, -0.25) is 15.0 Å². The summed E-state index contributed by atoms with van der Waals surface area (Å²) in [5.41, 5.74) is 8.07. The fraction of sp³-hybridized carbons (Fsp3) is 0.258. The number of hydrogen-bond acceptors (Lipinski definition) is 4. The van der Waals surface area contributed by atoms with Crippen LogP contribution in [0.4, 0.5) is 5.69 Å². The number of nitrogens with one attached hydrogen (secondary N) is 1. The van der Waals surface area contributed by atoms with E-state index in [4.69, 9.17) is 0 Å². The van der Waals surface area contributed by atoms with Crippen molar-refractivity contribution in [2.75, 3.05) is 19.0 Å². The summed E-state index contributed by atoms with van der Waals surface area (Å²) >= 11 is 0. The Morgan fingerprint density at radius 2 is 1.59 bits per heavy atom. The molecule has 4 rings (SSSR count). The van der Waals surface area contributed by atoms with Crippen molar-refractivity contribution in [2.24, 2.45) is 10.9 Å². The van der Waals surface area contributed by atoms with Crippen LogP contribution >= 0.6 is 0 Å². The van der Waals surface area contributed by atoms with Gasteiger partial charge in [0, 0.05) is 31.8 Å². The molecule has 0 saturated heterocycles. The van der Waals surface area contributed by atoms with E-state index in [2.05, 4.69) is 48.5 Å². The van der Waals surface area contributed by atoms with Crippen molar-refractivity contribution >= 4 is 29.4 Å². The molecule has 1 heterocycles. The molecule has 0 aromatic heterocycles. The lowest BCUT2D eigenvalue weighted by molar-refractivity contribution is -0.135. The van der Waals surface area contributed by atoms with Gasteiger partial charge in [-0.1, -0.05) is 80.6 Å². The highest BCUT2D eigenvalue weighted by Gasteiger charge is 2.29. The molecule has 0 spiro atoms. The van der Waals surface area contributed by atoms with Crippen molar-refractivity contribution in [3.8, 4) is 0 Å². The van der Waals surface area contributed by atoms with Crippen molar-refractivity contribution < 1.29 is 9.59 Å². The molecule has 0 saturated carbocycles. The molecule has 6 nitrogen and oxygen atoms in total. The fourth-order valence-corrected chi connectivity index (χ4v) is 4.19. The average molecular weight is 495 g/mol. The van der Waals surface area contributed by atoms with Crippen molar-refractivity contribution in [3.05, 3.63) is 107 Å². The Bertz CT molecular complexity index is 1290. The molecule has 37 heavy (non-hydrogen) atoms. The highest BCUT2D eigenvalue weighted by molar-refractivity contribution is 6.15. The van der Waals surface area contributed by atoms with Crippen LogP contribution in [0.2, 0.25) is 0 Å². The Morgan fingerprint density at radius 3 is 2.22 bits per heavy atom. The predicted molar refractivity (Wildman–Crippen MR) is 150 cm³/mol. The zero-order chi connectivity index (χ0) is 26.4. The van der Waals surface area contributed by atoms with E-state index in [9.17, 15) is 9.59 Å². The van der Waals surface area contributed by atoms with Crippen molar-refractivity contribution in [1.29, 1.82) is 0 Å². The van der Waals surface area contributed by atoms with Crippen molar-refractivity contribution in [1.82, 2.24) is 10.4 Å². The lowest BCUT2D eigenvalue weighted by Crippen LogP contribution is -2.53. The van der Waals surface area contributed by atoms with Gasteiger partial charge in [0.15, 0.2) is 5.84 Å². The second kappa shape index (κ2) is 11.7. The van der Waals surface area contributed by atoms with E-state index in [1.807, 2.05) is 73.6 Å². The minimum atomic E-state index is -0.414. The Kier molecular flexibility index (Phi) is 8.18. The van der Waals surface area contributed by atoms with Gasteiger partial charge in [-0.25, -0.2) is 10.0 Å². The van der Waals surface area contributed by atoms with E-state index >= 15 is 0 Å². The molecule has 0 atom stereocenters. The first-order valence-corrected chi connectivity index (χ1v) is 12.6. The molecule has 190 valence electrons. The maximum absolute atomic E-state index is 13.3. The highest BCUT2D eigenvalue weighted by atomic mass is 16.2. The van der Waals surface area contributed by atoms with Gasteiger partial charge in [0.25, 0.3) is 5.91 Å². The largest absolute Gasteiger partial charge is 0.378 e. The zero-order valence-corrected chi connectivity index (χ0v) is 21.9. The summed E-state index contributed by atoms with van der Waals surface area (Å²) in [6.45, 7) is 4.40. The molecule has 0 fully saturated rings. The molecule has 3 aromatic carbocycles. The number of anilines is 1. The third-order valence-electron chi connectivity index (χ3n) is 6.17. The van der Waals surface area contributed by atoms with Crippen LogP contribution in [0, 0.1) is 5.92 Å². The molecule has 0 bridgehead atoms. The number of benzene rings is 3. The SMILES string of the molecule is CC(C)Cc1ccc(CCC(=O)N2NC(=O)/C(=C\c3ccc(N(C)C)cc3)N=C2c2ccccc2)cc1. The number of hydrazine groups is 1. The monoisotopic (exact) mass is 494 g/mol. The number of amidine groups is 1. The predicted octanol–water partition coefficient (Wildman–Crippen LogP) is 5.25. The Morgan fingerprint density at radius 1 is 0.946 bits per heavy atom. The van der Waals surface area contributed by atoms with E-state index in [0.29, 0.717) is 18.2 Å². The number of nitrogens with zero attached hydrogens (tertiary/aromatic N) is 3. The van der Waals surface area contributed by atoms with Crippen LogP contribution in [0.5, 0.6) is 0 Å². The Hall–Kier alpha value is -4.19. The third kappa shape index (κ3) is 6.73. The minimum absolute atomic E-state index is 0.211. The first-order chi connectivity index (χ1) is 17.8. The summed E-state index contributed by atoms with van der Waals surface area (Å²) in [7, 11) is 3.96. The van der Waals surface area contributed by atoms with Gasteiger partial charge in [-0.05, 0) is 53.7 Å². The molecular weight excluding hydrogens is 460 g/mol. The van der Waals surface area contributed by atoms with E-state index in [0.717, 1.165) is 28.8 Å². The number of carbonyl (C=O) groups is 2. The summed E-state index contributed by atoms with van der Waals surface area (Å²) in [6, 6.07) is 25.7. The van der Waals surface area contributed by atoms with Gasteiger partial charge in [0.1, 0.15) is 5.70 Å². The maximum atomic E-state index is 13.3. The topological polar surface area (TPSA) is 65.0 Å². The number of rotatable bonds is 8. The number of aryl methyl sites for hydroxylation is 1. The second-order valence-corrected chi connectivity index (χ2v) is 9.90. The van der Waals surface area contributed by atoms with Crippen LogP contribution in [-0.4, -0.2) is 36.8 Å². The van der Waals surface area contributed by atoms with Crippen molar-refractivity contribution in [3.63, 3.8) is 0 Å². The standard InChI is InChI=1S/C31H34N4O2/c1-22(2)20-24-12-10-23(11-13-24)16-19-29(36)35-30(26-8-6-5-7-9-26)32-28(31(37)33-35)21-25-14-17-27(18-15-25)34(3)4/h5-15,17-18,21-22H,16,19-20H2,1-4H3,(H,33,37)/b28-21+. The van der Waals surface area contributed by atoms with E-state index < -0.39 is 5.91 Å². The van der Waals surface area contributed by atoms with Crippen LogP contribution < -0.4 is 10.3 Å². The molecule has 1 N–H and O–H groups in total. The quantitative estimate of drug-likeness (QED) is 0.435. The normalized spacial score (nSPS) is 14.5. The van der Waals surface area contributed by atoms with E-state index in [1.165, 1.54) is 10.6 Å². The molecule has 1 aliphatic heterocycles. The summed E-state index contributed by atoms with van der Waals surface area (Å²) < 4.78 is 0. The zero-order valence-electron chi connectivity index (χ0n) is 21.9. The number of carbonyl (C=O) groups excluding carboxylic acids is 2. The fourth-order valence-electron chi connectivity index (χ4n) is 4.19. The third-order valence-corrected chi connectivity index (χ3v) is 6.17. The van der Waals surface area contributed by atoms with Crippen molar-refractivity contribution in [2.45, 2.75) is 33.1 Å². The van der Waals surface area contributed by atoms with Crippen LogP contribution in [0.1, 0.15) is 42.5 Å². The minimum Gasteiger partial charge on any atom is -0.378 e. The summed E-state index contributed by atoms with van der Waals surface area (Å²) in [5, 5.41) is 1.29. The highest BCUT2D eigenvalue weighted by Crippen LogP contribution is 2.20. The summed E-state index contributed by atoms with van der Waals surface area (Å²) in [4.78, 5) is 32.9. The number of aliphatic imine (C=N–C) groups is 1. The van der Waals surface area contributed by atoms with Crippen LogP contribution in [0.15, 0.2) is 89.6 Å². The molecule has 0 radical (unpaired) electrons. The lowest BCUT2D eigenvalue weighted by Gasteiger charge is -2.29. The summed E-state index contributed by atoms with van der Waals surface area (Å²) in [6.07, 6.45) is 3.60. The number of hydrogen-bond donors (Lipinski definition) is 1. The van der Waals surface area contributed by atoms with Gasteiger partial charge in [0.2, 0.25) is 5.91 Å². The molecular formula is C31H34N4O2. The maximum Gasteiger partial charge on any atom is 0.288 e. The molecule has 0 unspecified atom stereocenters. The first kappa shape index (κ1) is 25.9. The molecule has 1 aliphatic rings.